The highest BCUT2D eigenvalue weighted by atomic mass is 16.6. The first-order valence-corrected chi connectivity index (χ1v) is 10.5. The molecule has 0 bridgehead atoms. The molecule has 0 amide bonds. The number of hydrogen-bond donors (Lipinski definition) is 1. The van der Waals surface area contributed by atoms with Crippen LogP contribution in [0.25, 0.3) is 0 Å². The van der Waals surface area contributed by atoms with Crippen molar-refractivity contribution >= 4 is 17.5 Å². The monoisotopic (exact) mass is 428 g/mol. The predicted octanol–water partition coefficient (Wildman–Crippen LogP) is 4.80. The van der Waals surface area contributed by atoms with Crippen LogP contribution >= 0.6 is 0 Å². The fraction of sp³-hybridized carbons (Fsp3) is 0.480. The lowest BCUT2D eigenvalue weighted by atomic mass is 9.77. The number of benzene rings is 1. The lowest BCUT2D eigenvalue weighted by molar-refractivity contribution is -0.149. The van der Waals surface area contributed by atoms with Gasteiger partial charge >= 0.3 is 5.97 Å². The highest BCUT2D eigenvalue weighted by Crippen LogP contribution is 2.43. The van der Waals surface area contributed by atoms with E-state index in [-0.39, 0.29) is 23.0 Å². The minimum absolute atomic E-state index is 0.0330. The third kappa shape index (κ3) is 5.84. The maximum Gasteiger partial charge on any atom is 0.317 e. The minimum atomic E-state index is -0.972. The number of phenols is 1. The van der Waals surface area contributed by atoms with Gasteiger partial charge in [-0.05, 0) is 71.2 Å². The Labute approximate surface area is 183 Å². The summed E-state index contributed by atoms with van der Waals surface area (Å²) in [6, 6.07) is 4.38. The van der Waals surface area contributed by atoms with Crippen LogP contribution in [0.15, 0.2) is 41.5 Å². The van der Waals surface area contributed by atoms with Gasteiger partial charge in [-0.2, -0.15) is 0 Å². The first-order valence-electron chi connectivity index (χ1n) is 10.5. The van der Waals surface area contributed by atoms with Crippen LogP contribution < -0.4 is 4.74 Å². The molecular formula is C25H32O6. The van der Waals surface area contributed by atoms with E-state index in [0.717, 1.165) is 11.1 Å². The number of Topliss-reactive ketones (excluding diaryl/α,β-unsaturated/α-hetero) is 1. The molecular weight excluding hydrogens is 396 g/mol. The van der Waals surface area contributed by atoms with Crippen molar-refractivity contribution in [2.45, 2.75) is 59.5 Å². The summed E-state index contributed by atoms with van der Waals surface area (Å²) in [7, 11) is 1.46. The quantitative estimate of drug-likeness (QED) is 0.263. The zero-order chi connectivity index (χ0) is 23.3. The van der Waals surface area contributed by atoms with Gasteiger partial charge in [0.15, 0.2) is 11.6 Å². The van der Waals surface area contributed by atoms with E-state index in [1.165, 1.54) is 19.2 Å². The van der Waals surface area contributed by atoms with Crippen LogP contribution in [0.3, 0.4) is 0 Å². The fourth-order valence-corrected chi connectivity index (χ4v) is 3.93. The highest BCUT2D eigenvalue weighted by Gasteiger charge is 2.53. The molecule has 3 atom stereocenters. The van der Waals surface area contributed by atoms with Gasteiger partial charge in [0.25, 0.3) is 0 Å². The Hall–Kier alpha value is -2.89. The zero-order valence-electron chi connectivity index (χ0n) is 19.2. The molecule has 1 aromatic carbocycles. The van der Waals surface area contributed by atoms with Gasteiger partial charge in [-0.3, -0.25) is 14.4 Å². The average Bonchev–Trinajstić information content (AvgIpc) is 2.88. The van der Waals surface area contributed by atoms with Crippen LogP contribution in [-0.2, 0) is 14.3 Å². The number of esters is 1. The SMILES string of the molecule is COc1ccc(C(=O)[C@H]2C(=O)O[C@](C)(CCC/C(C)=C/C(=O)C=C(C)C)[C@@H]2C)c(O)c1. The van der Waals surface area contributed by atoms with Crippen molar-refractivity contribution in [3.8, 4) is 11.5 Å². The number of carbonyl (C=O) groups is 3. The molecule has 1 saturated heterocycles. The van der Waals surface area contributed by atoms with E-state index in [0.29, 0.717) is 25.0 Å². The summed E-state index contributed by atoms with van der Waals surface area (Å²) in [6.07, 6.45) is 5.20. The first kappa shape index (κ1) is 24.4. The molecule has 6 nitrogen and oxygen atoms in total. The van der Waals surface area contributed by atoms with Crippen LogP contribution in [-0.4, -0.2) is 35.4 Å². The molecule has 1 aliphatic rings. The molecule has 1 aliphatic heterocycles. The van der Waals surface area contributed by atoms with Crippen molar-refractivity contribution in [1.29, 1.82) is 0 Å². The summed E-state index contributed by atoms with van der Waals surface area (Å²) < 4.78 is 10.7. The second-order valence-electron chi connectivity index (χ2n) is 8.72. The predicted molar refractivity (Wildman–Crippen MR) is 118 cm³/mol. The van der Waals surface area contributed by atoms with E-state index < -0.39 is 23.3 Å². The molecule has 0 spiro atoms. The summed E-state index contributed by atoms with van der Waals surface area (Å²) >= 11 is 0. The third-order valence-corrected chi connectivity index (χ3v) is 5.87. The third-order valence-electron chi connectivity index (χ3n) is 5.87. The Morgan fingerprint density at radius 3 is 2.48 bits per heavy atom. The smallest absolute Gasteiger partial charge is 0.317 e. The number of allylic oxidation sites excluding steroid dienone is 4. The van der Waals surface area contributed by atoms with Crippen LogP contribution in [0.2, 0.25) is 0 Å². The van der Waals surface area contributed by atoms with Crippen molar-refractivity contribution in [2.75, 3.05) is 7.11 Å². The van der Waals surface area contributed by atoms with Gasteiger partial charge in [0, 0.05) is 12.0 Å². The van der Waals surface area contributed by atoms with E-state index in [2.05, 4.69) is 0 Å². The van der Waals surface area contributed by atoms with Gasteiger partial charge in [0.2, 0.25) is 0 Å². The molecule has 31 heavy (non-hydrogen) atoms. The zero-order valence-corrected chi connectivity index (χ0v) is 19.2. The molecule has 1 fully saturated rings. The number of rotatable bonds is 9. The van der Waals surface area contributed by atoms with Gasteiger partial charge in [-0.1, -0.05) is 18.1 Å². The number of phenolic OH excluding ortho intramolecular Hbond substituents is 1. The van der Waals surface area contributed by atoms with Crippen molar-refractivity contribution < 1.29 is 29.0 Å². The van der Waals surface area contributed by atoms with E-state index >= 15 is 0 Å². The van der Waals surface area contributed by atoms with Crippen LogP contribution in [0.5, 0.6) is 11.5 Å². The lowest BCUT2D eigenvalue weighted by Crippen LogP contribution is -2.33. The van der Waals surface area contributed by atoms with Crippen molar-refractivity contribution in [3.63, 3.8) is 0 Å². The van der Waals surface area contributed by atoms with Crippen molar-refractivity contribution in [2.24, 2.45) is 11.8 Å². The summed E-state index contributed by atoms with van der Waals surface area (Å²) in [5.41, 5.74) is 1.20. The maximum absolute atomic E-state index is 13.0. The fourth-order valence-electron chi connectivity index (χ4n) is 3.93. The molecule has 6 heteroatoms. The second-order valence-corrected chi connectivity index (χ2v) is 8.72. The summed E-state index contributed by atoms with van der Waals surface area (Å²) in [5.74, 6) is -2.18. The number of cyclic esters (lactones) is 1. The minimum Gasteiger partial charge on any atom is -0.507 e. The maximum atomic E-state index is 13.0. The van der Waals surface area contributed by atoms with Gasteiger partial charge < -0.3 is 14.6 Å². The molecule has 0 aromatic heterocycles. The Kier molecular flexibility index (Phi) is 7.82. The lowest BCUT2D eigenvalue weighted by Gasteiger charge is -2.28. The van der Waals surface area contributed by atoms with Crippen molar-refractivity contribution in [3.05, 3.63) is 47.1 Å². The molecule has 0 unspecified atom stereocenters. The molecule has 1 heterocycles. The van der Waals surface area contributed by atoms with Gasteiger partial charge in [-0.15, -0.1) is 0 Å². The Morgan fingerprint density at radius 2 is 1.90 bits per heavy atom. The van der Waals surface area contributed by atoms with E-state index in [1.807, 2.05) is 34.6 Å². The summed E-state index contributed by atoms with van der Waals surface area (Å²) in [6.45, 7) is 9.32. The molecule has 2 rings (SSSR count). The largest absolute Gasteiger partial charge is 0.507 e. The van der Waals surface area contributed by atoms with Gasteiger partial charge in [-0.25, -0.2) is 0 Å². The topological polar surface area (TPSA) is 89.9 Å². The first-order chi connectivity index (χ1) is 14.5. The number of aromatic hydroxyl groups is 1. The number of carbonyl (C=O) groups excluding carboxylic acids is 3. The molecule has 1 N–H and O–H groups in total. The molecule has 168 valence electrons. The molecule has 0 aliphatic carbocycles. The average molecular weight is 429 g/mol. The van der Waals surface area contributed by atoms with Gasteiger partial charge in [0.05, 0.1) is 12.7 Å². The normalized spacial score (nSPS) is 23.3. The van der Waals surface area contributed by atoms with E-state index in [9.17, 15) is 19.5 Å². The Bertz CT molecular complexity index is 922. The number of ether oxygens (including phenoxy) is 2. The number of hydrogen-bond acceptors (Lipinski definition) is 6. The van der Waals surface area contributed by atoms with Gasteiger partial charge in [0.1, 0.15) is 23.0 Å². The molecule has 1 aromatic rings. The standard InChI is InChI=1S/C25H32O6/c1-15(2)12-18(26)13-16(3)8-7-11-25(5)17(4)22(24(29)31-25)23(28)20-10-9-19(30-6)14-21(20)27/h9-10,12-14,17,22,27H,7-8,11H2,1-6H3/b16-13+/t17-,22+,25-/m1/s1. The van der Waals surface area contributed by atoms with Crippen LogP contribution in [0, 0.1) is 11.8 Å². The number of methoxy groups -OCH3 is 1. The van der Waals surface area contributed by atoms with Crippen LogP contribution in [0.4, 0.5) is 0 Å². The Morgan fingerprint density at radius 1 is 1.23 bits per heavy atom. The van der Waals surface area contributed by atoms with Crippen LogP contribution in [0.1, 0.15) is 64.2 Å². The summed E-state index contributed by atoms with van der Waals surface area (Å²) in [5, 5.41) is 10.2. The van der Waals surface area contributed by atoms with Crippen molar-refractivity contribution in [1.82, 2.24) is 0 Å². The number of ketones is 2. The molecule has 0 saturated carbocycles. The summed E-state index contributed by atoms with van der Waals surface area (Å²) in [4.78, 5) is 37.5. The van der Waals surface area contributed by atoms with E-state index in [1.54, 1.807) is 18.2 Å². The highest BCUT2D eigenvalue weighted by molar-refractivity contribution is 6.11. The molecule has 0 radical (unpaired) electrons. The second kappa shape index (κ2) is 9.94. The Balaban J connectivity index is 2.07. The van der Waals surface area contributed by atoms with E-state index in [4.69, 9.17) is 9.47 Å².